The van der Waals surface area contributed by atoms with Crippen LogP contribution in [0.3, 0.4) is 0 Å². The second kappa shape index (κ2) is 12.7. The van der Waals surface area contributed by atoms with E-state index in [1.807, 2.05) is 42.0 Å². The third-order valence-electron chi connectivity index (χ3n) is 6.16. The number of para-hydroxylation sites is 1. The van der Waals surface area contributed by atoms with Crippen molar-refractivity contribution in [2.24, 2.45) is 5.10 Å². The summed E-state index contributed by atoms with van der Waals surface area (Å²) in [5.41, 5.74) is 5.58. The molecule has 40 heavy (non-hydrogen) atoms. The van der Waals surface area contributed by atoms with Gasteiger partial charge in [-0.25, -0.2) is 9.59 Å². The lowest BCUT2D eigenvalue weighted by Crippen LogP contribution is -2.45. The van der Waals surface area contributed by atoms with Crippen LogP contribution in [0.4, 0.5) is 4.79 Å². The molecule has 1 aromatic heterocycles. The normalized spacial score (nSPS) is 15.8. The lowest BCUT2D eigenvalue weighted by Gasteiger charge is -2.28. The zero-order valence-electron chi connectivity index (χ0n) is 22.3. The van der Waals surface area contributed by atoms with Gasteiger partial charge in [0.15, 0.2) is 17.7 Å². The van der Waals surface area contributed by atoms with Gasteiger partial charge in [0.25, 0.3) is 0 Å². The van der Waals surface area contributed by atoms with E-state index >= 15 is 0 Å². The number of aliphatic hydroxyl groups excluding tert-OH is 1. The first-order valence-corrected chi connectivity index (χ1v) is 12.5. The summed E-state index contributed by atoms with van der Waals surface area (Å²) in [4.78, 5) is 24.5. The quantitative estimate of drug-likeness (QED) is 0.124. The minimum atomic E-state index is -1.14. The van der Waals surface area contributed by atoms with Crippen LogP contribution in [0, 0.1) is 11.3 Å². The van der Waals surface area contributed by atoms with Crippen LogP contribution in [0.15, 0.2) is 65.0 Å². The van der Waals surface area contributed by atoms with Crippen molar-refractivity contribution in [3.05, 3.63) is 71.1 Å². The molecule has 0 unspecified atom stereocenters. The first kappa shape index (κ1) is 28.0. The molecular formula is C28H30N6O6. The first-order valence-electron chi connectivity index (χ1n) is 12.5. The van der Waals surface area contributed by atoms with E-state index in [2.05, 4.69) is 27.2 Å². The molecule has 1 aliphatic heterocycles. The molecule has 0 bridgehead atoms. The number of benzene rings is 2. The van der Waals surface area contributed by atoms with Crippen LogP contribution in [0.2, 0.25) is 0 Å². The first-order chi connectivity index (χ1) is 19.4. The summed E-state index contributed by atoms with van der Waals surface area (Å²) in [6.07, 6.45) is 2.25. The van der Waals surface area contributed by atoms with Crippen molar-refractivity contribution in [3.63, 3.8) is 0 Å². The molecule has 2 amide bonds. The van der Waals surface area contributed by atoms with Gasteiger partial charge in [0, 0.05) is 28.4 Å². The van der Waals surface area contributed by atoms with Gasteiger partial charge in [-0.3, -0.25) is 5.43 Å². The molecule has 12 heteroatoms. The molecule has 208 valence electrons. The number of hydrogen-bond donors (Lipinski definition) is 4. The average Bonchev–Trinajstić information content (AvgIpc) is 3.29. The van der Waals surface area contributed by atoms with Crippen LogP contribution in [0.5, 0.6) is 11.5 Å². The molecule has 2 atom stereocenters. The van der Waals surface area contributed by atoms with Crippen LogP contribution in [0.1, 0.15) is 31.0 Å². The van der Waals surface area contributed by atoms with Crippen LogP contribution in [-0.2, 0) is 16.1 Å². The molecule has 2 aromatic carbocycles. The third kappa shape index (κ3) is 6.16. The van der Waals surface area contributed by atoms with Crippen LogP contribution in [0.25, 0.3) is 10.9 Å². The maximum absolute atomic E-state index is 12.4. The molecule has 12 nitrogen and oxygen atoms in total. The van der Waals surface area contributed by atoms with E-state index < -0.39 is 24.3 Å². The molecule has 0 saturated carbocycles. The van der Waals surface area contributed by atoms with E-state index in [0.29, 0.717) is 29.4 Å². The molecule has 2 heterocycles. The van der Waals surface area contributed by atoms with Gasteiger partial charge < -0.3 is 34.5 Å². The van der Waals surface area contributed by atoms with Crippen molar-refractivity contribution < 1.29 is 28.9 Å². The summed E-state index contributed by atoms with van der Waals surface area (Å²) in [6.45, 7) is 3.83. The largest absolute Gasteiger partial charge is 0.490 e. The Labute approximate surface area is 230 Å². The number of hydrogen-bond acceptors (Lipinski definition) is 9. The molecule has 4 rings (SSSR count). The van der Waals surface area contributed by atoms with Gasteiger partial charge in [0.05, 0.1) is 37.6 Å². The van der Waals surface area contributed by atoms with Crippen LogP contribution >= 0.6 is 0 Å². The predicted molar refractivity (Wildman–Crippen MR) is 147 cm³/mol. The zero-order valence-corrected chi connectivity index (χ0v) is 22.3. The topological polar surface area (TPSA) is 159 Å². The highest BCUT2D eigenvalue weighted by molar-refractivity contribution is 5.99. The number of nitriles is 1. The average molecular weight is 547 g/mol. The molecule has 4 N–H and O–H groups in total. The number of ether oxygens (including phenoxy) is 3. The molecule has 3 aromatic rings. The number of carbonyl (C=O) groups is 2. The summed E-state index contributed by atoms with van der Waals surface area (Å²) >= 11 is 0. The number of esters is 1. The van der Waals surface area contributed by atoms with Crippen LogP contribution in [-0.4, -0.2) is 54.4 Å². The second-order valence-corrected chi connectivity index (χ2v) is 8.80. The molecule has 0 radical (unpaired) electrons. The standard InChI is InChI=1S/C28H30N6O6/c1-4-39-23-13-18(26-25(27(36)38-3)17(2)31-28(37)32-26)9-10-22(23)40-16-24(35)33-30-14-19-15-34(12-11-29)21-8-6-5-7-20(19)21/h5-10,13-15,24,26,33,35H,4,12,16H2,1-3H3,(H2,31,32,37)/b30-14+/t24-,26-/m1/s1. The van der Waals surface area contributed by atoms with Gasteiger partial charge in [-0.2, -0.15) is 10.4 Å². The van der Waals surface area contributed by atoms with E-state index in [1.165, 1.54) is 7.11 Å². The number of nitrogens with one attached hydrogen (secondary N) is 3. The van der Waals surface area contributed by atoms with Crippen molar-refractivity contribution in [3.8, 4) is 17.6 Å². The van der Waals surface area contributed by atoms with E-state index in [4.69, 9.17) is 19.5 Å². The van der Waals surface area contributed by atoms with E-state index in [0.717, 1.165) is 16.5 Å². The number of amides is 2. The van der Waals surface area contributed by atoms with Crippen molar-refractivity contribution in [1.82, 2.24) is 20.6 Å². The van der Waals surface area contributed by atoms with Gasteiger partial charge in [0.2, 0.25) is 0 Å². The Hall–Kier alpha value is -5.02. The monoisotopic (exact) mass is 546 g/mol. The minimum absolute atomic E-state index is 0.149. The fourth-order valence-electron chi connectivity index (χ4n) is 4.40. The van der Waals surface area contributed by atoms with E-state index in [-0.39, 0.29) is 18.7 Å². The van der Waals surface area contributed by atoms with Crippen LogP contribution < -0.4 is 25.5 Å². The fraction of sp³-hybridized carbons (Fsp3) is 0.286. The Morgan fingerprint density at radius 1 is 1.27 bits per heavy atom. The van der Waals surface area contributed by atoms with Gasteiger partial charge in [-0.05, 0) is 37.6 Å². The lowest BCUT2D eigenvalue weighted by atomic mass is 9.95. The highest BCUT2D eigenvalue weighted by Crippen LogP contribution is 2.35. The number of hydrazone groups is 1. The SMILES string of the molecule is CCOc1cc([C@H]2NC(=O)NC(C)=C2C(=O)OC)ccc1OC[C@@H](O)N/N=C/c1cn(CC#N)c2ccccc12. The molecule has 0 fully saturated rings. The number of methoxy groups -OCH3 is 1. The number of carbonyl (C=O) groups excluding carboxylic acids is 2. The summed E-state index contributed by atoms with van der Waals surface area (Å²) in [7, 11) is 1.27. The van der Waals surface area contributed by atoms with Crippen molar-refractivity contribution >= 4 is 29.1 Å². The van der Waals surface area contributed by atoms with Gasteiger partial charge in [-0.15, -0.1) is 0 Å². The lowest BCUT2D eigenvalue weighted by molar-refractivity contribution is -0.136. The molecule has 0 saturated heterocycles. The van der Waals surface area contributed by atoms with Crippen molar-refractivity contribution in [2.45, 2.75) is 32.7 Å². The van der Waals surface area contributed by atoms with Gasteiger partial charge in [0.1, 0.15) is 13.2 Å². The summed E-state index contributed by atoms with van der Waals surface area (Å²) in [6, 6.07) is 13.6. The van der Waals surface area contributed by atoms with E-state index in [9.17, 15) is 14.7 Å². The number of allylic oxidation sites excluding steroid dienone is 1. The van der Waals surface area contributed by atoms with Crippen molar-refractivity contribution in [2.75, 3.05) is 20.3 Å². The second-order valence-electron chi connectivity index (χ2n) is 8.80. The summed E-state index contributed by atoms with van der Waals surface area (Å²) in [5.74, 6) is 0.156. The highest BCUT2D eigenvalue weighted by Gasteiger charge is 2.32. The number of rotatable bonds is 11. The van der Waals surface area contributed by atoms with Gasteiger partial charge >= 0.3 is 12.0 Å². The molecule has 1 aliphatic rings. The van der Waals surface area contributed by atoms with Gasteiger partial charge in [-0.1, -0.05) is 24.3 Å². The fourth-order valence-corrected chi connectivity index (χ4v) is 4.40. The van der Waals surface area contributed by atoms with E-state index in [1.54, 1.807) is 31.3 Å². The highest BCUT2D eigenvalue weighted by atomic mass is 16.5. The number of nitrogens with zero attached hydrogens (tertiary/aromatic N) is 3. The Bertz CT molecular complexity index is 1500. The Kier molecular flexibility index (Phi) is 8.88. The molecule has 0 aliphatic carbocycles. The number of aliphatic hydroxyl groups is 1. The third-order valence-corrected chi connectivity index (χ3v) is 6.16. The Morgan fingerprint density at radius 3 is 2.83 bits per heavy atom. The number of aromatic nitrogens is 1. The molecule has 0 spiro atoms. The Balaban J connectivity index is 1.45. The summed E-state index contributed by atoms with van der Waals surface area (Å²) in [5, 5.41) is 29.9. The predicted octanol–water partition coefficient (Wildman–Crippen LogP) is 2.69. The maximum Gasteiger partial charge on any atom is 0.337 e. The smallest absolute Gasteiger partial charge is 0.337 e. The molecular weight excluding hydrogens is 516 g/mol. The minimum Gasteiger partial charge on any atom is -0.490 e. The van der Waals surface area contributed by atoms with Crippen molar-refractivity contribution in [1.29, 1.82) is 5.26 Å². The maximum atomic E-state index is 12.4. The summed E-state index contributed by atoms with van der Waals surface area (Å²) < 4.78 is 18.3. The number of fused-ring (bicyclic) bond motifs is 1. The Morgan fingerprint density at radius 2 is 2.08 bits per heavy atom. The number of urea groups is 1. The zero-order chi connectivity index (χ0) is 28.6.